The van der Waals surface area contributed by atoms with Gasteiger partial charge in [0.1, 0.15) is 0 Å². The minimum atomic E-state index is -0.0457. The molecule has 0 aliphatic carbocycles. The molecule has 26 heavy (non-hydrogen) atoms. The summed E-state index contributed by atoms with van der Waals surface area (Å²) in [5, 5.41) is 17.9. The van der Waals surface area contributed by atoms with E-state index >= 15 is 0 Å². The highest BCUT2D eigenvalue weighted by Crippen LogP contribution is 2.11. The highest BCUT2D eigenvalue weighted by atomic mass is 32.1. The molecule has 0 heterocycles. The normalized spacial score (nSPS) is 8.85. The molecule has 0 saturated carbocycles. The second-order valence-electron chi connectivity index (χ2n) is 4.94. The summed E-state index contributed by atoms with van der Waals surface area (Å²) in [7, 11) is 0. The third-order valence-corrected chi connectivity index (χ3v) is 3.48. The van der Waals surface area contributed by atoms with Crippen molar-refractivity contribution in [2.45, 2.75) is 26.7 Å². The van der Waals surface area contributed by atoms with Crippen LogP contribution in [0.5, 0.6) is 0 Å². The Bertz CT molecular complexity index is 673. The lowest BCUT2D eigenvalue weighted by Gasteiger charge is -2.04. The van der Waals surface area contributed by atoms with Gasteiger partial charge in [-0.3, -0.25) is 4.79 Å². The van der Waals surface area contributed by atoms with Gasteiger partial charge >= 0.3 is 0 Å². The Kier molecular flexibility index (Phi) is 13.7. The molecule has 0 atom stereocenters. The van der Waals surface area contributed by atoms with Gasteiger partial charge in [0, 0.05) is 11.1 Å². The standard InChI is InChI=1S/C10H12OS.C7H6OS.C3H6O2/c1-2-5-8-6-3-4-7-9(8)10(11)12;8-7(9)6-4-2-1-3-5-6;1-2-5-3-4/h3-4,6-7H,2,5H2,1H3,(H,11,12);1-5H,(H,8,9);3H,2H2,1H3. The molecule has 0 saturated heterocycles. The van der Waals surface area contributed by atoms with E-state index < -0.39 is 0 Å². The number of ether oxygens (including phenoxy) is 1. The molecule has 0 fully saturated rings. The molecule has 0 amide bonds. The maximum Gasteiger partial charge on any atom is 0.293 e. The van der Waals surface area contributed by atoms with E-state index in [1.165, 1.54) is 0 Å². The molecule has 0 unspecified atom stereocenters. The van der Waals surface area contributed by atoms with Gasteiger partial charge in [0.15, 0.2) is 10.1 Å². The minimum Gasteiger partial charge on any atom is -0.499 e. The molecule has 0 radical (unpaired) electrons. The summed E-state index contributed by atoms with van der Waals surface area (Å²) in [6.45, 7) is 4.77. The summed E-state index contributed by atoms with van der Waals surface area (Å²) in [5.74, 6) is 0. The fourth-order valence-electron chi connectivity index (χ4n) is 1.87. The van der Waals surface area contributed by atoms with Crippen molar-refractivity contribution < 1.29 is 19.7 Å². The molecule has 0 spiro atoms. The Hall–Kier alpha value is -2.31. The number of rotatable bonds is 6. The van der Waals surface area contributed by atoms with Crippen LogP contribution >= 0.6 is 24.4 Å². The van der Waals surface area contributed by atoms with Crippen LogP contribution in [0.3, 0.4) is 0 Å². The van der Waals surface area contributed by atoms with E-state index in [1.807, 2.05) is 42.5 Å². The van der Waals surface area contributed by atoms with E-state index in [0.29, 0.717) is 18.6 Å². The third kappa shape index (κ3) is 10.5. The zero-order valence-electron chi connectivity index (χ0n) is 14.9. The van der Waals surface area contributed by atoms with Gasteiger partial charge in [0.25, 0.3) is 6.47 Å². The first-order valence-corrected chi connectivity index (χ1v) is 8.94. The van der Waals surface area contributed by atoms with Crippen LogP contribution < -0.4 is 0 Å². The van der Waals surface area contributed by atoms with Crippen LogP contribution in [-0.2, 0) is 16.0 Å². The summed E-state index contributed by atoms with van der Waals surface area (Å²) in [6.07, 6.45) is 2.04. The van der Waals surface area contributed by atoms with Crippen LogP contribution in [0.25, 0.3) is 0 Å². The Morgan fingerprint density at radius 1 is 0.962 bits per heavy atom. The Morgan fingerprint density at radius 3 is 1.92 bits per heavy atom. The molecular weight excluding hydrogens is 368 g/mol. The number of carbonyl (C=O) groups is 1. The van der Waals surface area contributed by atoms with Gasteiger partial charge in [0.05, 0.1) is 6.61 Å². The van der Waals surface area contributed by atoms with Gasteiger partial charge in [-0.15, -0.1) is 0 Å². The van der Waals surface area contributed by atoms with Gasteiger partial charge in [-0.25, -0.2) is 0 Å². The van der Waals surface area contributed by atoms with Crippen LogP contribution in [0.2, 0.25) is 0 Å². The zero-order valence-corrected chi connectivity index (χ0v) is 16.6. The van der Waals surface area contributed by atoms with E-state index in [2.05, 4.69) is 23.9 Å². The maximum atomic E-state index is 9.18. The average Bonchev–Trinajstić information content (AvgIpc) is 2.65. The smallest absolute Gasteiger partial charge is 0.293 e. The molecule has 6 heteroatoms. The van der Waals surface area contributed by atoms with E-state index in [1.54, 1.807) is 19.1 Å². The predicted octanol–water partition coefficient (Wildman–Crippen LogP) is 4.97. The number of hydrogen-bond acceptors (Lipinski definition) is 4. The lowest BCUT2D eigenvalue weighted by Crippen LogP contribution is -2.00. The average molecular weight is 393 g/mol. The molecule has 0 aliphatic rings. The van der Waals surface area contributed by atoms with Gasteiger partial charge < -0.3 is 14.9 Å². The first-order valence-electron chi connectivity index (χ1n) is 8.12. The van der Waals surface area contributed by atoms with Crippen molar-refractivity contribution >= 4 is 41.0 Å². The highest BCUT2D eigenvalue weighted by Gasteiger charge is 2.03. The molecule has 0 aliphatic heterocycles. The van der Waals surface area contributed by atoms with Crippen LogP contribution in [0.1, 0.15) is 37.0 Å². The molecule has 2 aromatic carbocycles. The molecule has 2 aromatic rings. The van der Waals surface area contributed by atoms with Crippen LogP contribution in [0.15, 0.2) is 54.6 Å². The van der Waals surface area contributed by atoms with Crippen molar-refractivity contribution in [3.05, 3.63) is 71.3 Å². The van der Waals surface area contributed by atoms with E-state index in [-0.39, 0.29) is 10.1 Å². The number of aryl methyl sites for hydroxylation is 1. The number of aliphatic hydroxyl groups is 2. The number of hydrogen-bond donors (Lipinski definition) is 2. The summed E-state index contributed by atoms with van der Waals surface area (Å²) < 4.78 is 4.15. The predicted molar refractivity (Wildman–Crippen MR) is 113 cm³/mol. The van der Waals surface area contributed by atoms with Gasteiger partial charge in [-0.2, -0.15) is 0 Å². The van der Waals surface area contributed by atoms with Crippen molar-refractivity contribution in [2.75, 3.05) is 6.61 Å². The first kappa shape index (κ1) is 23.7. The van der Waals surface area contributed by atoms with E-state index in [4.69, 9.17) is 22.4 Å². The van der Waals surface area contributed by atoms with E-state index in [0.717, 1.165) is 24.0 Å². The quantitative estimate of drug-likeness (QED) is 0.534. The fourth-order valence-corrected chi connectivity index (χ4v) is 2.20. The monoisotopic (exact) mass is 392 g/mol. The van der Waals surface area contributed by atoms with Crippen molar-refractivity contribution in [1.82, 2.24) is 0 Å². The first-order chi connectivity index (χ1) is 12.5. The lowest BCUT2D eigenvalue weighted by atomic mass is 10.0. The van der Waals surface area contributed by atoms with Gasteiger partial charge in [0.2, 0.25) is 0 Å². The van der Waals surface area contributed by atoms with Crippen LogP contribution in [-0.4, -0.2) is 33.4 Å². The van der Waals surface area contributed by atoms with Crippen molar-refractivity contribution in [1.29, 1.82) is 0 Å². The molecule has 140 valence electrons. The lowest BCUT2D eigenvalue weighted by molar-refractivity contribution is -0.128. The molecule has 4 nitrogen and oxygen atoms in total. The van der Waals surface area contributed by atoms with Gasteiger partial charge in [-0.1, -0.05) is 67.9 Å². The molecule has 0 aromatic heterocycles. The number of benzene rings is 2. The molecule has 2 N–H and O–H groups in total. The summed E-state index contributed by atoms with van der Waals surface area (Å²) in [4.78, 5) is 9.18. The fraction of sp³-hybridized carbons (Fsp3) is 0.250. The van der Waals surface area contributed by atoms with Crippen molar-refractivity contribution in [3.63, 3.8) is 0 Å². The molecule has 0 bridgehead atoms. The maximum absolute atomic E-state index is 9.18. The molecular formula is C20H24O4S2. The second kappa shape index (κ2) is 15.0. The Morgan fingerprint density at radius 2 is 1.54 bits per heavy atom. The molecule has 2 rings (SSSR count). The van der Waals surface area contributed by atoms with Crippen molar-refractivity contribution in [2.24, 2.45) is 0 Å². The van der Waals surface area contributed by atoms with Gasteiger partial charge in [-0.05, 0) is 43.3 Å². The topological polar surface area (TPSA) is 66.8 Å². The zero-order chi connectivity index (χ0) is 19.8. The number of thiocarbonyl (C=S) groups is 2. The SMILES string of the molecule is CCCc1ccccc1C(O)=S.CCOC=O.OC(=S)c1ccccc1. The Balaban J connectivity index is 0.000000394. The number of carbonyl (C=O) groups excluding carboxylic acids is 1. The minimum absolute atomic E-state index is 0.000880. The Labute approximate surface area is 165 Å². The van der Waals surface area contributed by atoms with E-state index in [9.17, 15) is 4.79 Å². The second-order valence-corrected chi connectivity index (χ2v) is 5.71. The number of aliphatic hydroxyl groups excluding tert-OH is 2. The van der Waals surface area contributed by atoms with Crippen LogP contribution in [0.4, 0.5) is 0 Å². The summed E-state index contributed by atoms with van der Waals surface area (Å²) >= 11 is 9.24. The third-order valence-electron chi connectivity index (χ3n) is 3.02. The van der Waals surface area contributed by atoms with Crippen molar-refractivity contribution in [3.8, 4) is 0 Å². The highest BCUT2D eigenvalue weighted by molar-refractivity contribution is 7.80. The van der Waals surface area contributed by atoms with Crippen LogP contribution in [0, 0.1) is 0 Å². The summed E-state index contributed by atoms with van der Waals surface area (Å²) in [6, 6.07) is 16.8. The largest absolute Gasteiger partial charge is 0.499 e. The summed E-state index contributed by atoms with van der Waals surface area (Å²) in [5.41, 5.74) is 2.63.